The van der Waals surface area contributed by atoms with Crippen molar-refractivity contribution in [3.05, 3.63) is 30.0 Å². The number of rotatable bonds is 5. The van der Waals surface area contributed by atoms with Crippen molar-refractivity contribution in [2.45, 2.75) is 19.8 Å². The van der Waals surface area contributed by atoms with Crippen LogP contribution < -0.4 is 4.74 Å². The van der Waals surface area contributed by atoms with E-state index in [2.05, 4.69) is 31.0 Å². The zero-order valence-electron chi connectivity index (χ0n) is 10.6. The van der Waals surface area contributed by atoms with Crippen LogP contribution in [0, 0.1) is 0 Å². The van der Waals surface area contributed by atoms with Crippen molar-refractivity contribution in [1.82, 2.24) is 4.98 Å². The molecule has 0 atom stereocenters. The lowest BCUT2D eigenvalue weighted by Crippen LogP contribution is -2.04. The Morgan fingerprint density at radius 1 is 1.24 bits per heavy atom. The Labute approximate surface area is 102 Å². The predicted octanol–water partition coefficient (Wildman–Crippen LogP) is 3.32. The Hall–Kier alpha value is -1.48. The van der Waals surface area contributed by atoms with Crippen LogP contribution >= 0.6 is 0 Å². The van der Waals surface area contributed by atoms with E-state index in [-0.39, 0.29) is 0 Å². The summed E-state index contributed by atoms with van der Waals surface area (Å²) in [6.07, 6.45) is 1.97. The Bertz CT molecular complexity index is 488. The predicted molar refractivity (Wildman–Crippen MR) is 69.8 cm³/mol. The van der Waals surface area contributed by atoms with Gasteiger partial charge in [0.1, 0.15) is 12.4 Å². The number of methoxy groups -OCH3 is 1. The van der Waals surface area contributed by atoms with Gasteiger partial charge in [0.25, 0.3) is 0 Å². The highest BCUT2D eigenvalue weighted by molar-refractivity contribution is 5.85. The molecule has 1 aromatic heterocycles. The fraction of sp³-hybridized carbons (Fsp3) is 0.429. The van der Waals surface area contributed by atoms with Gasteiger partial charge in [-0.15, -0.1) is 0 Å². The highest BCUT2D eigenvalue weighted by Crippen LogP contribution is 2.29. The molecular weight excluding hydrogens is 214 g/mol. The van der Waals surface area contributed by atoms with Gasteiger partial charge in [-0.05, 0) is 23.6 Å². The summed E-state index contributed by atoms with van der Waals surface area (Å²) in [6.45, 7) is 5.58. The second kappa shape index (κ2) is 5.23. The number of ether oxygens (including phenoxy) is 2. The first-order chi connectivity index (χ1) is 8.22. The van der Waals surface area contributed by atoms with E-state index in [0.29, 0.717) is 19.1 Å². The van der Waals surface area contributed by atoms with Crippen molar-refractivity contribution in [3.8, 4) is 5.75 Å². The molecule has 0 unspecified atom stereocenters. The molecule has 1 aromatic carbocycles. The van der Waals surface area contributed by atoms with Crippen molar-refractivity contribution < 1.29 is 9.47 Å². The van der Waals surface area contributed by atoms with Crippen LogP contribution in [0.15, 0.2) is 24.4 Å². The number of H-pyrrole nitrogens is 1. The second-order valence-corrected chi connectivity index (χ2v) is 4.45. The molecule has 92 valence electrons. The van der Waals surface area contributed by atoms with Gasteiger partial charge in [0.15, 0.2) is 0 Å². The lowest BCUT2D eigenvalue weighted by atomic mass is 9.99. The summed E-state index contributed by atoms with van der Waals surface area (Å²) in [5.41, 5.74) is 2.44. The summed E-state index contributed by atoms with van der Waals surface area (Å²) >= 11 is 0. The van der Waals surface area contributed by atoms with E-state index in [4.69, 9.17) is 9.47 Å². The van der Waals surface area contributed by atoms with Crippen molar-refractivity contribution in [2.24, 2.45) is 0 Å². The molecule has 0 aliphatic heterocycles. The minimum absolute atomic E-state index is 0.485. The first-order valence-electron chi connectivity index (χ1n) is 5.95. The van der Waals surface area contributed by atoms with Crippen LogP contribution in [0.2, 0.25) is 0 Å². The minimum Gasteiger partial charge on any atom is -0.491 e. The summed E-state index contributed by atoms with van der Waals surface area (Å²) < 4.78 is 10.7. The average Bonchev–Trinajstić information content (AvgIpc) is 2.76. The van der Waals surface area contributed by atoms with Crippen LogP contribution in [0.1, 0.15) is 25.3 Å². The van der Waals surface area contributed by atoms with Gasteiger partial charge in [0.05, 0.1) is 6.61 Å². The highest BCUT2D eigenvalue weighted by Gasteiger charge is 2.08. The Morgan fingerprint density at radius 2 is 2.06 bits per heavy atom. The van der Waals surface area contributed by atoms with Gasteiger partial charge < -0.3 is 14.5 Å². The van der Waals surface area contributed by atoms with Crippen molar-refractivity contribution in [3.63, 3.8) is 0 Å². The summed E-state index contributed by atoms with van der Waals surface area (Å²) in [4.78, 5) is 3.23. The Kier molecular flexibility index (Phi) is 3.69. The number of hydrogen-bond donors (Lipinski definition) is 1. The molecule has 1 N–H and O–H groups in total. The monoisotopic (exact) mass is 233 g/mol. The molecule has 0 amide bonds. The normalized spacial score (nSPS) is 11.3. The molecule has 0 fully saturated rings. The maximum absolute atomic E-state index is 5.67. The number of hydrogen-bond acceptors (Lipinski definition) is 2. The molecule has 0 spiro atoms. The van der Waals surface area contributed by atoms with Crippen LogP contribution in [-0.2, 0) is 4.74 Å². The maximum Gasteiger partial charge on any atom is 0.121 e. The number of fused-ring (bicyclic) bond motifs is 1. The number of aromatic amines is 1. The molecule has 1 heterocycles. The first-order valence-corrected chi connectivity index (χ1v) is 5.95. The van der Waals surface area contributed by atoms with Crippen LogP contribution in [0.25, 0.3) is 10.9 Å². The second-order valence-electron chi connectivity index (χ2n) is 4.45. The van der Waals surface area contributed by atoms with Gasteiger partial charge in [0, 0.05) is 30.3 Å². The fourth-order valence-corrected chi connectivity index (χ4v) is 1.97. The van der Waals surface area contributed by atoms with Crippen molar-refractivity contribution in [1.29, 1.82) is 0 Å². The van der Waals surface area contributed by atoms with E-state index in [9.17, 15) is 0 Å². The van der Waals surface area contributed by atoms with E-state index < -0.39 is 0 Å². The number of aromatic nitrogens is 1. The highest BCUT2D eigenvalue weighted by atomic mass is 16.5. The smallest absolute Gasteiger partial charge is 0.121 e. The molecular formula is C14H19NO2. The SMILES string of the molecule is COCCOc1cc(C(C)C)c2cc[nH]c2c1. The molecule has 0 bridgehead atoms. The Balaban J connectivity index is 2.31. The van der Waals surface area contributed by atoms with Gasteiger partial charge in [-0.3, -0.25) is 0 Å². The molecule has 0 saturated carbocycles. The van der Waals surface area contributed by atoms with Gasteiger partial charge >= 0.3 is 0 Å². The third-order valence-corrected chi connectivity index (χ3v) is 2.85. The first kappa shape index (κ1) is 12.0. The molecule has 2 rings (SSSR count). The lowest BCUT2D eigenvalue weighted by molar-refractivity contribution is 0.146. The van der Waals surface area contributed by atoms with Gasteiger partial charge in [-0.2, -0.15) is 0 Å². The lowest BCUT2D eigenvalue weighted by Gasteiger charge is -2.11. The molecule has 0 aliphatic rings. The molecule has 0 aliphatic carbocycles. The van der Waals surface area contributed by atoms with E-state index in [1.165, 1.54) is 10.9 Å². The summed E-state index contributed by atoms with van der Waals surface area (Å²) in [7, 11) is 1.68. The quantitative estimate of drug-likeness (QED) is 0.804. The average molecular weight is 233 g/mol. The maximum atomic E-state index is 5.67. The molecule has 17 heavy (non-hydrogen) atoms. The number of benzene rings is 1. The number of nitrogens with one attached hydrogen (secondary N) is 1. The largest absolute Gasteiger partial charge is 0.491 e. The summed E-state index contributed by atoms with van der Waals surface area (Å²) in [5, 5.41) is 1.28. The standard InChI is InChI=1S/C14H19NO2/c1-10(2)13-8-11(17-7-6-16-3)9-14-12(13)4-5-15-14/h4-5,8-10,15H,6-7H2,1-3H3. The summed E-state index contributed by atoms with van der Waals surface area (Å²) in [6, 6.07) is 6.27. The molecule has 3 heteroatoms. The van der Waals surface area contributed by atoms with Crippen LogP contribution in [-0.4, -0.2) is 25.3 Å². The van der Waals surface area contributed by atoms with E-state index >= 15 is 0 Å². The van der Waals surface area contributed by atoms with Gasteiger partial charge in [0.2, 0.25) is 0 Å². The van der Waals surface area contributed by atoms with Crippen LogP contribution in [0.4, 0.5) is 0 Å². The topological polar surface area (TPSA) is 34.2 Å². The summed E-state index contributed by atoms with van der Waals surface area (Å²) in [5.74, 6) is 1.39. The molecule has 2 aromatic rings. The van der Waals surface area contributed by atoms with Crippen molar-refractivity contribution >= 4 is 10.9 Å². The molecule has 0 radical (unpaired) electrons. The van der Waals surface area contributed by atoms with E-state index in [1.807, 2.05) is 12.3 Å². The minimum atomic E-state index is 0.485. The van der Waals surface area contributed by atoms with Crippen LogP contribution in [0.3, 0.4) is 0 Å². The van der Waals surface area contributed by atoms with E-state index in [0.717, 1.165) is 11.3 Å². The fourth-order valence-electron chi connectivity index (χ4n) is 1.97. The van der Waals surface area contributed by atoms with Gasteiger partial charge in [-0.25, -0.2) is 0 Å². The molecule has 3 nitrogen and oxygen atoms in total. The molecule has 0 saturated heterocycles. The third-order valence-electron chi connectivity index (χ3n) is 2.85. The zero-order valence-corrected chi connectivity index (χ0v) is 10.6. The van der Waals surface area contributed by atoms with Gasteiger partial charge in [-0.1, -0.05) is 13.8 Å². The van der Waals surface area contributed by atoms with E-state index in [1.54, 1.807) is 7.11 Å². The third kappa shape index (κ3) is 2.61. The Morgan fingerprint density at radius 3 is 2.76 bits per heavy atom. The zero-order chi connectivity index (χ0) is 12.3. The van der Waals surface area contributed by atoms with Crippen LogP contribution in [0.5, 0.6) is 5.75 Å². The van der Waals surface area contributed by atoms with Crippen molar-refractivity contribution in [2.75, 3.05) is 20.3 Å².